The molecule has 0 unspecified atom stereocenters. The van der Waals surface area contributed by atoms with E-state index >= 15 is 0 Å². The fraction of sp³-hybridized carbons (Fsp3) is 0.704. The lowest BCUT2D eigenvalue weighted by molar-refractivity contribution is -0.252. The van der Waals surface area contributed by atoms with Crippen molar-refractivity contribution in [1.29, 1.82) is 0 Å². The van der Waals surface area contributed by atoms with Crippen LogP contribution in [0.5, 0.6) is 0 Å². The molecule has 0 aromatic heterocycles. The molecule has 1 aromatic rings. The first-order valence-corrected chi connectivity index (χ1v) is 14.6. The zero-order valence-corrected chi connectivity index (χ0v) is 23.8. The molecule has 0 saturated heterocycles. The van der Waals surface area contributed by atoms with Gasteiger partial charge in [-0.1, -0.05) is 45.4 Å². The van der Waals surface area contributed by atoms with Crippen molar-refractivity contribution in [2.45, 2.75) is 106 Å². The van der Waals surface area contributed by atoms with Gasteiger partial charge in [0.05, 0.1) is 6.61 Å². The van der Waals surface area contributed by atoms with Crippen molar-refractivity contribution < 1.29 is 28.6 Å². The minimum Gasteiger partial charge on any atom is -0.477 e. The predicted molar refractivity (Wildman–Crippen MR) is 137 cm³/mol. The highest BCUT2D eigenvalue weighted by Crippen LogP contribution is 2.41. The second kappa shape index (κ2) is 12.3. The van der Waals surface area contributed by atoms with Crippen LogP contribution < -0.4 is 0 Å². The Hall–Kier alpha value is -1.70. The molecular formula is C27H45O6Si. The summed E-state index contributed by atoms with van der Waals surface area (Å²) in [6, 6.07) is 6.52. The summed E-state index contributed by atoms with van der Waals surface area (Å²) < 4.78 is 17.6. The van der Waals surface area contributed by atoms with Gasteiger partial charge in [-0.3, -0.25) is 4.79 Å². The van der Waals surface area contributed by atoms with Crippen molar-refractivity contribution in [2.75, 3.05) is 6.61 Å². The molecule has 0 bridgehead atoms. The fourth-order valence-corrected chi connectivity index (χ4v) is 4.80. The summed E-state index contributed by atoms with van der Waals surface area (Å²) in [5.41, 5.74) is 2.35. The van der Waals surface area contributed by atoms with Crippen LogP contribution >= 0.6 is 0 Å². The van der Waals surface area contributed by atoms with Crippen LogP contribution in [0.2, 0.25) is 13.1 Å². The second-order valence-electron chi connectivity index (χ2n) is 11.4. The standard InChI is InChI=1S/C27H45O6Si/c1-19-15-16-21(18-20(19)2)14-12-11-13-17-31-27(24(29)30,33-34(9)10)22(25(3,4)5)23(28)32-26(6,7)8/h15-16,18,22H,11-14,17H2,1-10H3,(H,29,30)/t22-,27-/m1/s1. The lowest BCUT2D eigenvalue weighted by atomic mass is 9.75. The molecule has 1 aromatic carbocycles. The maximum atomic E-state index is 13.2. The number of carbonyl (C=O) groups is 2. The Bertz CT molecular complexity index is 821. The normalized spacial score (nSPS) is 15.1. The summed E-state index contributed by atoms with van der Waals surface area (Å²) in [7, 11) is -1.52. The van der Waals surface area contributed by atoms with E-state index in [9.17, 15) is 14.7 Å². The maximum absolute atomic E-state index is 13.2. The quantitative estimate of drug-likeness (QED) is 0.164. The number of unbranched alkanes of at least 4 members (excludes halogenated alkanes) is 2. The van der Waals surface area contributed by atoms with Gasteiger partial charge in [0, 0.05) is 0 Å². The Morgan fingerprint density at radius 3 is 2.06 bits per heavy atom. The minimum atomic E-state index is -2.09. The maximum Gasteiger partial charge on any atom is 0.364 e. The molecule has 0 heterocycles. The lowest BCUT2D eigenvalue weighted by Crippen LogP contribution is -2.60. The molecule has 0 aliphatic rings. The van der Waals surface area contributed by atoms with Gasteiger partial charge >= 0.3 is 11.9 Å². The lowest BCUT2D eigenvalue weighted by Gasteiger charge is -2.43. The number of ether oxygens (including phenoxy) is 2. The van der Waals surface area contributed by atoms with E-state index in [1.807, 2.05) is 33.9 Å². The Labute approximate surface area is 208 Å². The molecule has 34 heavy (non-hydrogen) atoms. The first-order chi connectivity index (χ1) is 15.5. The highest BCUT2D eigenvalue weighted by molar-refractivity contribution is 6.48. The SMILES string of the molecule is Cc1ccc(CCCCCO[C@](O[Si](C)C)(C(=O)O)[C@H](C(=O)OC(C)(C)C)C(C)(C)C)cc1C. The first-order valence-electron chi connectivity index (χ1n) is 12.1. The van der Waals surface area contributed by atoms with Gasteiger partial charge in [0.25, 0.3) is 5.79 Å². The molecule has 0 fully saturated rings. The summed E-state index contributed by atoms with van der Waals surface area (Å²) in [4.78, 5) is 25.9. The number of carbonyl (C=O) groups excluding carboxylic acids is 1. The minimum absolute atomic E-state index is 0.184. The predicted octanol–water partition coefficient (Wildman–Crippen LogP) is 6.09. The summed E-state index contributed by atoms with van der Waals surface area (Å²) in [5.74, 6) is -5.14. The fourth-order valence-electron chi connectivity index (χ4n) is 3.93. The van der Waals surface area contributed by atoms with Gasteiger partial charge in [0.1, 0.15) is 11.5 Å². The molecule has 6 nitrogen and oxygen atoms in total. The van der Waals surface area contributed by atoms with Crippen molar-refractivity contribution in [3.63, 3.8) is 0 Å². The largest absolute Gasteiger partial charge is 0.477 e. The molecule has 0 aliphatic heterocycles. The van der Waals surface area contributed by atoms with Crippen molar-refractivity contribution in [1.82, 2.24) is 0 Å². The second-order valence-corrected chi connectivity index (χ2v) is 13.4. The smallest absolute Gasteiger partial charge is 0.364 e. The molecule has 0 aliphatic carbocycles. The number of hydrogen-bond donors (Lipinski definition) is 1. The molecule has 1 rings (SSSR count). The Morgan fingerprint density at radius 1 is 0.971 bits per heavy atom. The molecule has 1 radical (unpaired) electrons. The molecule has 0 amide bonds. The van der Waals surface area contributed by atoms with Crippen LogP contribution in [-0.4, -0.2) is 44.1 Å². The van der Waals surface area contributed by atoms with E-state index in [0.29, 0.717) is 6.42 Å². The van der Waals surface area contributed by atoms with Gasteiger partial charge in [-0.05, 0) is 89.1 Å². The molecule has 0 saturated carbocycles. The van der Waals surface area contributed by atoms with Crippen LogP contribution in [0.25, 0.3) is 0 Å². The highest BCUT2D eigenvalue weighted by Gasteiger charge is 2.58. The van der Waals surface area contributed by atoms with E-state index in [-0.39, 0.29) is 6.61 Å². The molecule has 7 heteroatoms. The summed E-state index contributed by atoms with van der Waals surface area (Å²) >= 11 is 0. The molecule has 193 valence electrons. The van der Waals surface area contributed by atoms with Gasteiger partial charge in [-0.2, -0.15) is 0 Å². The van der Waals surface area contributed by atoms with E-state index in [2.05, 4.69) is 32.0 Å². The van der Waals surface area contributed by atoms with Crippen molar-refractivity contribution in [3.8, 4) is 0 Å². The number of esters is 1. The van der Waals surface area contributed by atoms with Gasteiger partial charge in [0.2, 0.25) is 9.04 Å². The number of rotatable bonds is 12. The average molecular weight is 494 g/mol. The zero-order chi connectivity index (χ0) is 26.3. The Morgan fingerprint density at radius 2 is 1.59 bits per heavy atom. The Balaban J connectivity index is 2.98. The van der Waals surface area contributed by atoms with E-state index in [4.69, 9.17) is 13.9 Å². The van der Waals surface area contributed by atoms with E-state index in [0.717, 1.165) is 19.3 Å². The van der Waals surface area contributed by atoms with Crippen LogP contribution in [0.15, 0.2) is 18.2 Å². The van der Waals surface area contributed by atoms with Crippen LogP contribution in [0.1, 0.15) is 77.5 Å². The number of carboxylic acids is 1. The van der Waals surface area contributed by atoms with Gasteiger partial charge in [-0.15, -0.1) is 0 Å². The number of hydrogen-bond acceptors (Lipinski definition) is 5. The van der Waals surface area contributed by atoms with Crippen molar-refractivity contribution in [2.24, 2.45) is 11.3 Å². The Kier molecular flexibility index (Phi) is 11.0. The average Bonchev–Trinajstić information content (AvgIpc) is 2.63. The van der Waals surface area contributed by atoms with Crippen LogP contribution in [-0.2, 0) is 29.9 Å². The van der Waals surface area contributed by atoms with Crippen LogP contribution in [0.4, 0.5) is 0 Å². The van der Waals surface area contributed by atoms with Crippen LogP contribution in [0, 0.1) is 25.2 Å². The summed E-state index contributed by atoms with van der Waals surface area (Å²) in [6.45, 7) is 18.8. The van der Waals surface area contributed by atoms with Crippen molar-refractivity contribution >= 4 is 21.0 Å². The number of aliphatic carboxylic acids is 1. The third-order valence-corrected chi connectivity index (χ3v) is 6.25. The summed E-state index contributed by atoms with van der Waals surface area (Å²) in [5, 5.41) is 10.3. The first kappa shape index (κ1) is 30.3. The number of benzene rings is 1. The summed E-state index contributed by atoms with van der Waals surface area (Å²) in [6.07, 6.45) is 3.48. The molecule has 2 atom stereocenters. The van der Waals surface area contributed by atoms with E-state index in [1.165, 1.54) is 16.7 Å². The van der Waals surface area contributed by atoms with Gasteiger partial charge < -0.3 is 19.0 Å². The van der Waals surface area contributed by atoms with Gasteiger partial charge in [-0.25, -0.2) is 4.79 Å². The molecular weight excluding hydrogens is 448 g/mol. The third kappa shape index (κ3) is 9.15. The van der Waals surface area contributed by atoms with E-state index < -0.39 is 43.7 Å². The van der Waals surface area contributed by atoms with Crippen molar-refractivity contribution in [3.05, 3.63) is 34.9 Å². The number of aryl methyl sites for hydroxylation is 3. The third-order valence-electron chi connectivity index (χ3n) is 5.54. The monoisotopic (exact) mass is 493 g/mol. The van der Waals surface area contributed by atoms with Gasteiger partial charge in [0.15, 0.2) is 0 Å². The molecule has 1 N–H and O–H groups in total. The number of carboxylic acid groups (broad SMARTS) is 1. The molecule has 0 spiro atoms. The van der Waals surface area contributed by atoms with E-state index in [1.54, 1.807) is 20.8 Å². The highest BCUT2D eigenvalue weighted by atomic mass is 28.3. The zero-order valence-electron chi connectivity index (χ0n) is 22.8. The topological polar surface area (TPSA) is 82.1 Å². The van der Waals surface area contributed by atoms with Crippen LogP contribution in [0.3, 0.4) is 0 Å².